The Labute approximate surface area is 191 Å². The molecule has 4 aromatic rings. The molecule has 166 valence electrons. The van der Waals surface area contributed by atoms with Crippen LogP contribution < -0.4 is 0 Å². The van der Waals surface area contributed by atoms with E-state index in [0.29, 0.717) is 29.8 Å². The van der Waals surface area contributed by atoms with Gasteiger partial charge in [-0.3, -0.25) is 9.36 Å². The number of furan rings is 1. The minimum absolute atomic E-state index is 0.0199. The van der Waals surface area contributed by atoms with Crippen LogP contribution in [0.4, 0.5) is 0 Å². The van der Waals surface area contributed by atoms with Crippen LogP contribution in [0.3, 0.4) is 0 Å². The predicted molar refractivity (Wildman–Crippen MR) is 124 cm³/mol. The molecule has 32 heavy (non-hydrogen) atoms. The molecule has 0 spiro atoms. The van der Waals surface area contributed by atoms with Crippen LogP contribution in [0.15, 0.2) is 58.3 Å². The average molecular weight is 451 g/mol. The normalized spacial score (nSPS) is 11.1. The smallest absolute Gasteiger partial charge is 0.233 e. The van der Waals surface area contributed by atoms with Gasteiger partial charge in [0.25, 0.3) is 0 Å². The Kier molecular flexibility index (Phi) is 6.45. The van der Waals surface area contributed by atoms with Gasteiger partial charge in [-0.1, -0.05) is 30.0 Å². The first kappa shape index (κ1) is 21.9. The number of hydrogen-bond acceptors (Lipinski definition) is 6. The maximum absolute atomic E-state index is 12.9. The zero-order chi connectivity index (χ0) is 22.7. The largest absolute Gasteiger partial charge is 0.461 e. The predicted octanol–water partition coefficient (Wildman–Crippen LogP) is 4.11. The van der Waals surface area contributed by atoms with Crippen LogP contribution in [0.5, 0.6) is 0 Å². The Morgan fingerprint density at radius 3 is 2.59 bits per heavy atom. The Balaban J connectivity index is 1.43. The highest BCUT2D eigenvalue weighted by Gasteiger charge is 2.20. The SMILES string of the molecule is CCn1c(SCC(=O)N(C)Cc2c(C)nn(-c3ccccc3)c2C)nnc1-c1ccco1. The summed E-state index contributed by atoms with van der Waals surface area (Å²) in [7, 11) is 1.82. The van der Waals surface area contributed by atoms with Gasteiger partial charge in [0, 0.05) is 31.4 Å². The summed E-state index contributed by atoms with van der Waals surface area (Å²) >= 11 is 1.38. The standard InChI is InChI=1S/C23H26N6O2S/c1-5-28-22(20-12-9-13-31-20)24-25-23(28)32-15-21(30)27(4)14-19-16(2)26-29(17(19)3)18-10-7-6-8-11-18/h6-13H,5,14-15H2,1-4H3. The van der Waals surface area contributed by atoms with E-state index in [2.05, 4.69) is 15.3 Å². The number of rotatable bonds is 8. The number of thioether (sulfide) groups is 1. The highest BCUT2D eigenvalue weighted by molar-refractivity contribution is 7.99. The zero-order valence-electron chi connectivity index (χ0n) is 18.6. The van der Waals surface area contributed by atoms with E-state index in [4.69, 9.17) is 4.42 Å². The molecule has 0 radical (unpaired) electrons. The van der Waals surface area contributed by atoms with E-state index in [-0.39, 0.29) is 11.7 Å². The van der Waals surface area contributed by atoms with Crippen molar-refractivity contribution in [2.24, 2.45) is 0 Å². The second kappa shape index (κ2) is 9.44. The summed E-state index contributed by atoms with van der Waals surface area (Å²) in [6.07, 6.45) is 1.61. The van der Waals surface area contributed by atoms with E-state index < -0.39 is 0 Å². The van der Waals surface area contributed by atoms with Crippen LogP contribution in [-0.2, 0) is 17.9 Å². The monoisotopic (exact) mass is 450 g/mol. The molecule has 0 aliphatic carbocycles. The van der Waals surface area contributed by atoms with Gasteiger partial charge in [-0.2, -0.15) is 5.10 Å². The maximum Gasteiger partial charge on any atom is 0.233 e. The summed E-state index contributed by atoms with van der Waals surface area (Å²) in [6, 6.07) is 13.7. The van der Waals surface area contributed by atoms with Gasteiger partial charge >= 0.3 is 0 Å². The number of benzene rings is 1. The van der Waals surface area contributed by atoms with Crippen molar-refractivity contribution in [3.8, 4) is 17.3 Å². The first-order valence-corrected chi connectivity index (χ1v) is 11.4. The van der Waals surface area contributed by atoms with Crippen molar-refractivity contribution >= 4 is 17.7 Å². The number of carbonyl (C=O) groups is 1. The molecule has 0 atom stereocenters. The Morgan fingerprint density at radius 2 is 1.91 bits per heavy atom. The molecule has 0 bridgehead atoms. The van der Waals surface area contributed by atoms with Crippen molar-refractivity contribution in [1.29, 1.82) is 0 Å². The third-order valence-corrected chi connectivity index (χ3v) is 6.31. The molecule has 0 aliphatic heterocycles. The zero-order valence-corrected chi connectivity index (χ0v) is 19.5. The van der Waals surface area contributed by atoms with Crippen molar-refractivity contribution in [3.05, 3.63) is 65.7 Å². The summed E-state index contributed by atoms with van der Waals surface area (Å²) in [5.74, 6) is 1.63. The summed E-state index contributed by atoms with van der Waals surface area (Å²) < 4.78 is 9.33. The molecule has 0 saturated heterocycles. The lowest BCUT2D eigenvalue weighted by molar-refractivity contribution is -0.127. The maximum atomic E-state index is 12.9. The van der Waals surface area contributed by atoms with Gasteiger partial charge in [-0.15, -0.1) is 10.2 Å². The van der Waals surface area contributed by atoms with Crippen LogP contribution >= 0.6 is 11.8 Å². The third kappa shape index (κ3) is 4.34. The van der Waals surface area contributed by atoms with Gasteiger partial charge < -0.3 is 9.32 Å². The van der Waals surface area contributed by atoms with Gasteiger partial charge in [0.1, 0.15) is 0 Å². The quantitative estimate of drug-likeness (QED) is 0.376. The fraction of sp³-hybridized carbons (Fsp3) is 0.304. The second-order valence-corrected chi connectivity index (χ2v) is 8.41. The van der Waals surface area contributed by atoms with Gasteiger partial charge in [0.05, 0.1) is 23.4 Å². The molecule has 0 saturated carbocycles. The molecule has 3 aromatic heterocycles. The summed E-state index contributed by atoms with van der Waals surface area (Å²) in [5.41, 5.74) is 4.03. The van der Waals surface area contributed by atoms with E-state index in [1.54, 1.807) is 11.2 Å². The second-order valence-electron chi connectivity index (χ2n) is 7.46. The van der Waals surface area contributed by atoms with E-state index in [1.807, 2.05) is 79.5 Å². The van der Waals surface area contributed by atoms with Gasteiger partial charge in [0.2, 0.25) is 5.91 Å². The van der Waals surface area contributed by atoms with Crippen molar-refractivity contribution < 1.29 is 9.21 Å². The lowest BCUT2D eigenvalue weighted by Crippen LogP contribution is -2.28. The molecule has 8 nitrogen and oxygen atoms in total. The highest BCUT2D eigenvalue weighted by atomic mass is 32.2. The number of para-hydroxylation sites is 1. The van der Waals surface area contributed by atoms with Crippen LogP contribution in [-0.4, -0.2) is 48.2 Å². The average Bonchev–Trinajstić information content (AvgIpc) is 3.53. The lowest BCUT2D eigenvalue weighted by atomic mass is 10.2. The van der Waals surface area contributed by atoms with Gasteiger partial charge in [-0.25, -0.2) is 4.68 Å². The van der Waals surface area contributed by atoms with Gasteiger partial charge in [0.15, 0.2) is 16.7 Å². The summed E-state index contributed by atoms with van der Waals surface area (Å²) in [5, 5.41) is 13.9. The number of aryl methyl sites for hydroxylation is 1. The third-order valence-electron chi connectivity index (χ3n) is 5.36. The van der Waals surface area contributed by atoms with E-state index in [1.165, 1.54) is 11.8 Å². The van der Waals surface area contributed by atoms with E-state index in [9.17, 15) is 4.79 Å². The molecular formula is C23H26N6O2S. The van der Waals surface area contributed by atoms with Crippen molar-refractivity contribution in [1.82, 2.24) is 29.4 Å². The van der Waals surface area contributed by atoms with Crippen molar-refractivity contribution in [2.45, 2.75) is 39.0 Å². The highest BCUT2D eigenvalue weighted by Crippen LogP contribution is 2.25. The molecular weight excluding hydrogens is 424 g/mol. The molecule has 0 N–H and O–H groups in total. The molecule has 1 amide bonds. The number of hydrogen-bond donors (Lipinski definition) is 0. The number of carbonyl (C=O) groups excluding carboxylic acids is 1. The van der Waals surface area contributed by atoms with Crippen LogP contribution in [0.1, 0.15) is 23.9 Å². The topological polar surface area (TPSA) is 82.0 Å². The van der Waals surface area contributed by atoms with Crippen LogP contribution in [0, 0.1) is 13.8 Å². The number of aromatic nitrogens is 5. The first-order valence-electron chi connectivity index (χ1n) is 10.4. The Hall–Kier alpha value is -3.33. The first-order chi connectivity index (χ1) is 15.5. The van der Waals surface area contributed by atoms with Crippen LogP contribution in [0.25, 0.3) is 17.3 Å². The summed E-state index contributed by atoms with van der Waals surface area (Å²) in [6.45, 7) is 7.22. The molecule has 0 aliphatic rings. The van der Waals surface area contributed by atoms with Crippen molar-refractivity contribution in [3.63, 3.8) is 0 Å². The Morgan fingerprint density at radius 1 is 1.12 bits per heavy atom. The minimum atomic E-state index is 0.0199. The minimum Gasteiger partial charge on any atom is -0.461 e. The van der Waals surface area contributed by atoms with E-state index >= 15 is 0 Å². The number of nitrogens with zero attached hydrogens (tertiary/aromatic N) is 6. The molecule has 9 heteroatoms. The van der Waals surface area contributed by atoms with E-state index in [0.717, 1.165) is 22.6 Å². The lowest BCUT2D eigenvalue weighted by Gasteiger charge is -2.17. The molecule has 0 fully saturated rings. The molecule has 1 aromatic carbocycles. The molecule has 4 rings (SSSR count). The fourth-order valence-electron chi connectivity index (χ4n) is 3.55. The molecule has 0 unspecified atom stereocenters. The molecule has 3 heterocycles. The van der Waals surface area contributed by atoms with Gasteiger partial charge in [-0.05, 0) is 45.0 Å². The van der Waals surface area contributed by atoms with Crippen LogP contribution in [0.2, 0.25) is 0 Å². The fourth-order valence-corrected chi connectivity index (χ4v) is 4.50. The van der Waals surface area contributed by atoms with Crippen molar-refractivity contribution in [2.75, 3.05) is 12.8 Å². The Bertz CT molecular complexity index is 1200. The number of amides is 1. The summed E-state index contributed by atoms with van der Waals surface area (Å²) in [4.78, 5) is 14.6.